The monoisotopic (exact) mass is 376 g/mol. The first-order valence-electron chi connectivity index (χ1n) is 8.97. The SMILES string of the molecule is Cc1ccc(-n2nc(C)cc2NC(=O)CN2C(=O)COc3ccccc32)cc1. The van der Waals surface area contributed by atoms with Crippen molar-refractivity contribution in [3.05, 3.63) is 65.9 Å². The average Bonchev–Trinajstić information content (AvgIpc) is 3.04. The van der Waals surface area contributed by atoms with E-state index in [4.69, 9.17) is 4.74 Å². The van der Waals surface area contributed by atoms with Gasteiger partial charge in [0.1, 0.15) is 18.1 Å². The van der Waals surface area contributed by atoms with Crippen molar-refractivity contribution >= 4 is 23.3 Å². The summed E-state index contributed by atoms with van der Waals surface area (Å²) in [5.41, 5.74) is 3.37. The van der Waals surface area contributed by atoms with Gasteiger partial charge < -0.3 is 10.1 Å². The number of carbonyl (C=O) groups excluding carboxylic acids is 2. The lowest BCUT2D eigenvalue weighted by atomic mass is 10.2. The van der Waals surface area contributed by atoms with Gasteiger partial charge in [0.25, 0.3) is 5.91 Å². The fraction of sp³-hybridized carbons (Fsp3) is 0.190. The molecule has 0 fully saturated rings. The standard InChI is InChI=1S/C21H20N4O3/c1-14-7-9-16(10-8-14)25-19(11-15(2)23-25)22-20(26)12-24-17-5-3-4-6-18(17)28-13-21(24)27/h3-11H,12-13H2,1-2H3,(H,22,26). The maximum absolute atomic E-state index is 12.7. The first-order chi connectivity index (χ1) is 13.5. The molecule has 1 aromatic heterocycles. The highest BCUT2D eigenvalue weighted by Gasteiger charge is 2.27. The Hall–Kier alpha value is -3.61. The van der Waals surface area contributed by atoms with E-state index in [1.165, 1.54) is 4.90 Å². The molecule has 3 aromatic rings. The predicted molar refractivity (Wildman–Crippen MR) is 106 cm³/mol. The van der Waals surface area contributed by atoms with Gasteiger partial charge in [0.05, 0.1) is 17.1 Å². The Morgan fingerprint density at radius 2 is 1.89 bits per heavy atom. The predicted octanol–water partition coefficient (Wildman–Crippen LogP) is 2.85. The van der Waals surface area contributed by atoms with Crippen LogP contribution in [0.15, 0.2) is 54.6 Å². The van der Waals surface area contributed by atoms with Crippen molar-refractivity contribution in [3.8, 4) is 11.4 Å². The topological polar surface area (TPSA) is 76.5 Å². The van der Waals surface area contributed by atoms with Crippen molar-refractivity contribution in [2.24, 2.45) is 0 Å². The summed E-state index contributed by atoms with van der Waals surface area (Å²) in [6, 6.07) is 16.8. The third kappa shape index (κ3) is 3.46. The highest BCUT2D eigenvalue weighted by atomic mass is 16.5. The average molecular weight is 376 g/mol. The fourth-order valence-electron chi connectivity index (χ4n) is 3.12. The third-order valence-corrected chi connectivity index (χ3v) is 4.49. The minimum Gasteiger partial charge on any atom is -0.482 e. The minimum absolute atomic E-state index is 0.0787. The minimum atomic E-state index is -0.307. The van der Waals surface area contributed by atoms with Crippen molar-refractivity contribution in [1.29, 1.82) is 0 Å². The van der Waals surface area contributed by atoms with Crippen LogP contribution >= 0.6 is 0 Å². The van der Waals surface area contributed by atoms with Crippen LogP contribution in [0, 0.1) is 13.8 Å². The zero-order chi connectivity index (χ0) is 19.7. The van der Waals surface area contributed by atoms with Crippen LogP contribution in [0.5, 0.6) is 5.75 Å². The van der Waals surface area contributed by atoms with Gasteiger partial charge >= 0.3 is 0 Å². The number of carbonyl (C=O) groups is 2. The molecular formula is C21H20N4O3. The number of anilines is 2. The van der Waals surface area contributed by atoms with Crippen molar-refractivity contribution in [1.82, 2.24) is 9.78 Å². The summed E-state index contributed by atoms with van der Waals surface area (Å²) < 4.78 is 7.10. The number of nitrogens with one attached hydrogen (secondary N) is 1. The lowest BCUT2D eigenvalue weighted by Gasteiger charge is -2.28. The van der Waals surface area contributed by atoms with Gasteiger partial charge in [0.15, 0.2) is 6.61 Å². The number of rotatable bonds is 4. The molecule has 0 saturated heterocycles. The number of hydrogen-bond acceptors (Lipinski definition) is 4. The van der Waals surface area contributed by atoms with E-state index in [0.717, 1.165) is 16.9 Å². The van der Waals surface area contributed by atoms with E-state index in [9.17, 15) is 9.59 Å². The molecule has 7 nitrogen and oxygen atoms in total. The Morgan fingerprint density at radius 1 is 1.14 bits per heavy atom. The van der Waals surface area contributed by atoms with E-state index in [0.29, 0.717) is 17.3 Å². The van der Waals surface area contributed by atoms with Crippen molar-refractivity contribution in [2.75, 3.05) is 23.4 Å². The molecule has 28 heavy (non-hydrogen) atoms. The molecule has 0 aliphatic carbocycles. The normalized spacial score (nSPS) is 13.1. The van der Waals surface area contributed by atoms with E-state index >= 15 is 0 Å². The largest absolute Gasteiger partial charge is 0.482 e. The fourth-order valence-corrected chi connectivity index (χ4v) is 3.12. The van der Waals surface area contributed by atoms with Gasteiger partial charge in [-0.3, -0.25) is 14.5 Å². The Labute approximate surface area is 162 Å². The Morgan fingerprint density at radius 3 is 2.68 bits per heavy atom. The molecule has 2 amide bonds. The van der Waals surface area contributed by atoms with E-state index in [2.05, 4.69) is 10.4 Å². The van der Waals surface area contributed by atoms with E-state index < -0.39 is 0 Å². The summed E-state index contributed by atoms with van der Waals surface area (Å²) in [6.07, 6.45) is 0. The number of hydrogen-bond donors (Lipinski definition) is 1. The molecule has 4 rings (SSSR count). The first kappa shape index (κ1) is 17.8. The molecular weight excluding hydrogens is 356 g/mol. The van der Waals surface area contributed by atoms with Gasteiger partial charge in [-0.15, -0.1) is 0 Å². The molecule has 1 aliphatic heterocycles. The van der Waals surface area contributed by atoms with Crippen LogP contribution in [0.3, 0.4) is 0 Å². The lowest BCUT2D eigenvalue weighted by molar-refractivity contribution is -0.123. The zero-order valence-electron chi connectivity index (χ0n) is 15.7. The van der Waals surface area contributed by atoms with Crippen molar-refractivity contribution < 1.29 is 14.3 Å². The van der Waals surface area contributed by atoms with Gasteiger partial charge in [-0.1, -0.05) is 29.8 Å². The molecule has 1 N–H and O–H groups in total. The van der Waals surface area contributed by atoms with Gasteiger partial charge in [-0.2, -0.15) is 5.10 Å². The lowest BCUT2D eigenvalue weighted by Crippen LogP contribution is -2.43. The molecule has 1 aliphatic rings. The van der Waals surface area contributed by atoms with Crippen molar-refractivity contribution in [2.45, 2.75) is 13.8 Å². The van der Waals surface area contributed by atoms with Crippen LogP contribution in [0.2, 0.25) is 0 Å². The number of para-hydroxylation sites is 2. The van der Waals surface area contributed by atoms with Gasteiger partial charge in [0, 0.05) is 6.07 Å². The van der Waals surface area contributed by atoms with E-state index in [-0.39, 0.29) is 25.0 Å². The maximum Gasteiger partial charge on any atom is 0.265 e. The van der Waals surface area contributed by atoms with Gasteiger partial charge in [0.2, 0.25) is 5.91 Å². The number of amides is 2. The first-order valence-corrected chi connectivity index (χ1v) is 8.97. The molecule has 0 atom stereocenters. The second-order valence-corrected chi connectivity index (χ2v) is 6.70. The van der Waals surface area contributed by atoms with Gasteiger partial charge in [-0.25, -0.2) is 4.68 Å². The molecule has 2 heterocycles. The highest BCUT2D eigenvalue weighted by molar-refractivity contribution is 6.04. The summed E-state index contributed by atoms with van der Waals surface area (Å²) in [4.78, 5) is 26.4. The molecule has 2 aromatic carbocycles. The Kier molecular flexibility index (Phi) is 4.57. The second kappa shape index (κ2) is 7.19. The van der Waals surface area contributed by atoms with Crippen LogP contribution in [-0.4, -0.2) is 34.7 Å². The summed E-state index contributed by atoms with van der Waals surface area (Å²) in [7, 11) is 0. The summed E-state index contributed by atoms with van der Waals surface area (Å²) in [5, 5.41) is 7.33. The van der Waals surface area contributed by atoms with Crippen LogP contribution in [0.4, 0.5) is 11.5 Å². The number of fused-ring (bicyclic) bond motifs is 1. The van der Waals surface area contributed by atoms with Crippen LogP contribution in [-0.2, 0) is 9.59 Å². The highest BCUT2D eigenvalue weighted by Crippen LogP contribution is 2.31. The number of benzene rings is 2. The smallest absolute Gasteiger partial charge is 0.265 e. The van der Waals surface area contributed by atoms with E-state index in [1.54, 1.807) is 22.9 Å². The Balaban J connectivity index is 1.55. The molecule has 142 valence electrons. The molecule has 0 bridgehead atoms. The molecule has 0 radical (unpaired) electrons. The Bertz CT molecular complexity index is 1040. The number of ether oxygens (including phenoxy) is 1. The summed E-state index contributed by atoms with van der Waals surface area (Å²) in [5.74, 6) is 0.589. The second-order valence-electron chi connectivity index (χ2n) is 6.70. The van der Waals surface area contributed by atoms with Gasteiger partial charge in [-0.05, 0) is 38.1 Å². The number of aryl methyl sites for hydroxylation is 2. The molecule has 0 unspecified atom stereocenters. The summed E-state index contributed by atoms with van der Waals surface area (Å²) >= 11 is 0. The maximum atomic E-state index is 12.7. The zero-order valence-corrected chi connectivity index (χ0v) is 15.7. The van der Waals surface area contributed by atoms with Crippen LogP contribution in [0.25, 0.3) is 5.69 Å². The van der Waals surface area contributed by atoms with Crippen LogP contribution in [0.1, 0.15) is 11.3 Å². The van der Waals surface area contributed by atoms with E-state index in [1.807, 2.05) is 50.2 Å². The number of nitrogens with zero attached hydrogens (tertiary/aromatic N) is 3. The molecule has 0 saturated carbocycles. The third-order valence-electron chi connectivity index (χ3n) is 4.49. The molecule has 0 spiro atoms. The quantitative estimate of drug-likeness (QED) is 0.760. The summed E-state index contributed by atoms with van der Waals surface area (Å²) in [6.45, 7) is 3.70. The van der Waals surface area contributed by atoms with Crippen molar-refractivity contribution in [3.63, 3.8) is 0 Å². The van der Waals surface area contributed by atoms with Crippen LogP contribution < -0.4 is 15.0 Å². The molecule has 7 heteroatoms. The number of aromatic nitrogens is 2.